The normalized spacial score (nSPS) is 25.0. The van der Waals surface area contributed by atoms with E-state index in [9.17, 15) is 4.79 Å². The van der Waals surface area contributed by atoms with Crippen LogP contribution in [0.25, 0.3) is 0 Å². The molecule has 1 saturated heterocycles. The molecule has 1 unspecified atom stereocenters. The second-order valence-corrected chi connectivity index (χ2v) is 5.84. The number of Topliss-reactive ketones (excluding diaryl/α,β-unsaturated/α-hetero) is 1. The highest BCUT2D eigenvalue weighted by molar-refractivity contribution is 5.98. The van der Waals surface area contributed by atoms with Crippen molar-refractivity contribution in [2.45, 2.75) is 44.2 Å². The second-order valence-electron chi connectivity index (χ2n) is 5.84. The number of carbonyl (C=O) groups excluding carboxylic acids is 1. The summed E-state index contributed by atoms with van der Waals surface area (Å²) in [6.45, 7) is 1.26. The van der Waals surface area contributed by atoms with E-state index in [1.54, 1.807) is 0 Å². The van der Waals surface area contributed by atoms with Gasteiger partial charge >= 0.3 is 0 Å². The highest BCUT2D eigenvalue weighted by Crippen LogP contribution is 2.44. The number of nitrogens with two attached hydrogens (primary N) is 1. The largest absolute Gasteiger partial charge is 0.375 e. The van der Waals surface area contributed by atoms with Crippen molar-refractivity contribution < 1.29 is 9.53 Å². The van der Waals surface area contributed by atoms with Crippen LogP contribution in [0.2, 0.25) is 0 Å². The second kappa shape index (κ2) is 5.06. The predicted molar refractivity (Wildman–Crippen MR) is 73.9 cm³/mol. The van der Waals surface area contributed by atoms with Crippen molar-refractivity contribution in [3.63, 3.8) is 0 Å². The van der Waals surface area contributed by atoms with Crippen LogP contribution in [0.4, 0.5) is 0 Å². The van der Waals surface area contributed by atoms with Crippen LogP contribution in [0.15, 0.2) is 24.3 Å². The Morgan fingerprint density at radius 1 is 1.32 bits per heavy atom. The molecule has 0 aromatic heterocycles. The van der Waals surface area contributed by atoms with Crippen LogP contribution in [0.5, 0.6) is 0 Å². The molecule has 3 rings (SSSR count). The smallest absolute Gasteiger partial charge is 0.166 e. The molecule has 0 radical (unpaired) electrons. The highest BCUT2D eigenvalue weighted by Gasteiger charge is 2.44. The van der Waals surface area contributed by atoms with Gasteiger partial charge in [0.05, 0.1) is 5.60 Å². The summed E-state index contributed by atoms with van der Waals surface area (Å²) in [7, 11) is 0. The van der Waals surface area contributed by atoms with Crippen molar-refractivity contribution in [3.8, 4) is 0 Å². The number of carbonyl (C=O) groups is 1. The molecule has 1 aromatic rings. The molecular weight excluding hydrogens is 238 g/mol. The lowest BCUT2D eigenvalue weighted by Crippen LogP contribution is -2.47. The van der Waals surface area contributed by atoms with Gasteiger partial charge in [-0.3, -0.25) is 4.79 Å². The number of hydrogen-bond donors (Lipinski definition) is 1. The van der Waals surface area contributed by atoms with Gasteiger partial charge < -0.3 is 10.5 Å². The lowest BCUT2D eigenvalue weighted by Gasteiger charge is -2.46. The van der Waals surface area contributed by atoms with E-state index in [2.05, 4.69) is 0 Å². The molecule has 2 fully saturated rings. The van der Waals surface area contributed by atoms with Crippen LogP contribution in [-0.4, -0.2) is 18.0 Å². The third kappa shape index (κ3) is 2.45. The fourth-order valence-electron chi connectivity index (χ4n) is 3.21. The van der Waals surface area contributed by atoms with Crippen molar-refractivity contribution in [3.05, 3.63) is 35.4 Å². The fourth-order valence-corrected chi connectivity index (χ4v) is 3.21. The molecule has 1 spiro atoms. The molecule has 1 saturated carbocycles. The SMILES string of the molecule is NCc1ccc(C(=O)C2CCOC3(CCC3)C2)cc1. The molecule has 1 atom stereocenters. The molecule has 19 heavy (non-hydrogen) atoms. The minimum absolute atomic E-state index is 0.0375. The van der Waals surface area contributed by atoms with Gasteiger partial charge in [-0.2, -0.15) is 0 Å². The summed E-state index contributed by atoms with van der Waals surface area (Å²) in [5.41, 5.74) is 7.50. The van der Waals surface area contributed by atoms with Crippen molar-refractivity contribution in [2.75, 3.05) is 6.61 Å². The molecule has 1 aromatic carbocycles. The maximum atomic E-state index is 12.5. The Morgan fingerprint density at radius 2 is 2.05 bits per heavy atom. The topological polar surface area (TPSA) is 52.3 Å². The minimum Gasteiger partial charge on any atom is -0.375 e. The van der Waals surface area contributed by atoms with Crippen LogP contribution in [-0.2, 0) is 11.3 Å². The van der Waals surface area contributed by atoms with E-state index in [0.717, 1.165) is 43.4 Å². The summed E-state index contributed by atoms with van der Waals surface area (Å²) >= 11 is 0. The summed E-state index contributed by atoms with van der Waals surface area (Å²) in [5.74, 6) is 0.413. The van der Waals surface area contributed by atoms with Gasteiger partial charge in [0.15, 0.2) is 5.78 Å². The van der Waals surface area contributed by atoms with Crippen LogP contribution in [0.1, 0.15) is 48.0 Å². The maximum absolute atomic E-state index is 12.5. The molecular formula is C16H21NO2. The molecule has 1 heterocycles. The van der Waals surface area contributed by atoms with Gasteiger partial charge in [-0.25, -0.2) is 0 Å². The van der Waals surface area contributed by atoms with Crippen LogP contribution in [0, 0.1) is 5.92 Å². The zero-order valence-electron chi connectivity index (χ0n) is 11.2. The highest BCUT2D eigenvalue weighted by atomic mass is 16.5. The van der Waals surface area contributed by atoms with Crippen molar-refractivity contribution in [1.82, 2.24) is 0 Å². The summed E-state index contributed by atoms with van der Waals surface area (Å²) in [6.07, 6.45) is 5.27. The molecule has 3 heteroatoms. The summed E-state index contributed by atoms with van der Waals surface area (Å²) < 4.78 is 5.89. The van der Waals surface area contributed by atoms with Crippen LogP contribution < -0.4 is 5.73 Å². The predicted octanol–water partition coefficient (Wildman–Crippen LogP) is 2.68. The number of ether oxygens (including phenoxy) is 1. The Kier molecular flexibility index (Phi) is 3.42. The molecule has 2 N–H and O–H groups in total. The fraction of sp³-hybridized carbons (Fsp3) is 0.562. The van der Waals surface area contributed by atoms with Crippen LogP contribution >= 0.6 is 0 Å². The van der Waals surface area contributed by atoms with Crippen molar-refractivity contribution in [1.29, 1.82) is 0 Å². The standard InChI is InChI=1S/C16H21NO2/c17-11-12-2-4-13(5-3-12)15(18)14-6-9-19-16(10-14)7-1-8-16/h2-5,14H,1,6-11,17H2. The lowest BCUT2D eigenvalue weighted by molar-refractivity contribution is -0.137. The number of ketones is 1. The third-order valence-corrected chi connectivity index (χ3v) is 4.60. The third-order valence-electron chi connectivity index (χ3n) is 4.60. The molecule has 0 amide bonds. The Balaban J connectivity index is 1.71. The maximum Gasteiger partial charge on any atom is 0.166 e. The van der Waals surface area contributed by atoms with Crippen molar-refractivity contribution >= 4 is 5.78 Å². The molecule has 1 aliphatic heterocycles. The van der Waals surface area contributed by atoms with E-state index < -0.39 is 0 Å². The molecule has 0 bridgehead atoms. The van der Waals surface area contributed by atoms with E-state index in [0.29, 0.717) is 6.54 Å². The molecule has 1 aliphatic carbocycles. The first-order valence-corrected chi connectivity index (χ1v) is 7.20. The van der Waals surface area contributed by atoms with E-state index in [4.69, 9.17) is 10.5 Å². The average Bonchev–Trinajstić information content (AvgIpc) is 2.45. The first kappa shape index (κ1) is 12.8. The zero-order chi connectivity index (χ0) is 13.3. The number of hydrogen-bond acceptors (Lipinski definition) is 3. The van der Waals surface area contributed by atoms with Crippen molar-refractivity contribution in [2.24, 2.45) is 11.7 Å². The molecule has 3 nitrogen and oxygen atoms in total. The molecule has 2 aliphatic rings. The summed E-state index contributed by atoms with van der Waals surface area (Å²) in [6, 6.07) is 7.72. The average molecular weight is 259 g/mol. The Hall–Kier alpha value is -1.19. The quantitative estimate of drug-likeness (QED) is 0.849. The lowest BCUT2D eigenvalue weighted by atomic mass is 9.70. The first-order chi connectivity index (χ1) is 9.22. The van der Waals surface area contributed by atoms with Gasteiger partial charge in [0.1, 0.15) is 0 Å². The zero-order valence-corrected chi connectivity index (χ0v) is 11.2. The van der Waals surface area contributed by atoms with E-state index in [1.807, 2.05) is 24.3 Å². The number of benzene rings is 1. The van der Waals surface area contributed by atoms with Crippen LogP contribution in [0.3, 0.4) is 0 Å². The van der Waals surface area contributed by atoms with Gasteiger partial charge in [-0.1, -0.05) is 24.3 Å². The monoisotopic (exact) mass is 259 g/mol. The Labute approximate surface area is 114 Å². The van der Waals surface area contributed by atoms with E-state index in [1.165, 1.54) is 6.42 Å². The van der Waals surface area contributed by atoms with Gasteiger partial charge in [-0.05, 0) is 37.7 Å². The van der Waals surface area contributed by atoms with Gasteiger partial charge in [0, 0.05) is 24.6 Å². The van der Waals surface area contributed by atoms with E-state index >= 15 is 0 Å². The molecule has 102 valence electrons. The van der Waals surface area contributed by atoms with Gasteiger partial charge in [0.25, 0.3) is 0 Å². The van der Waals surface area contributed by atoms with Gasteiger partial charge in [0.2, 0.25) is 0 Å². The Morgan fingerprint density at radius 3 is 2.63 bits per heavy atom. The Bertz CT molecular complexity index is 462. The van der Waals surface area contributed by atoms with E-state index in [-0.39, 0.29) is 17.3 Å². The summed E-state index contributed by atoms with van der Waals surface area (Å²) in [4.78, 5) is 12.5. The number of rotatable bonds is 3. The first-order valence-electron chi connectivity index (χ1n) is 7.20. The van der Waals surface area contributed by atoms with Gasteiger partial charge in [-0.15, -0.1) is 0 Å². The minimum atomic E-state index is 0.0375. The summed E-state index contributed by atoms with van der Waals surface area (Å²) in [5, 5.41) is 0.